The maximum Gasteiger partial charge on any atom is 0.243 e. The SMILES string of the molecule is COc1cccc(CC(=O)Nc2ccc(S(=O)(=O)N3CC(C)OC(C)C3)cc2)c1. The fourth-order valence-corrected chi connectivity index (χ4v) is 4.95. The lowest BCUT2D eigenvalue weighted by Crippen LogP contribution is -2.48. The van der Waals surface area contributed by atoms with Gasteiger partial charge < -0.3 is 14.8 Å². The first-order valence-corrected chi connectivity index (χ1v) is 10.9. The molecule has 7 nitrogen and oxygen atoms in total. The summed E-state index contributed by atoms with van der Waals surface area (Å²) in [5.74, 6) is 0.501. The zero-order valence-corrected chi connectivity index (χ0v) is 17.6. The van der Waals surface area contributed by atoms with E-state index in [4.69, 9.17) is 9.47 Å². The minimum absolute atomic E-state index is 0.149. The molecule has 0 aliphatic carbocycles. The normalized spacial score (nSPS) is 20.2. The Hall–Kier alpha value is -2.42. The molecule has 156 valence electrons. The van der Waals surface area contributed by atoms with Crippen molar-refractivity contribution in [2.45, 2.75) is 37.4 Å². The number of carbonyl (C=O) groups excluding carboxylic acids is 1. The molecule has 0 saturated carbocycles. The number of benzene rings is 2. The molecule has 29 heavy (non-hydrogen) atoms. The van der Waals surface area contributed by atoms with Gasteiger partial charge in [-0.3, -0.25) is 4.79 Å². The van der Waals surface area contributed by atoms with Crippen LogP contribution in [0.15, 0.2) is 53.4 Å². The minimum atomic E-state index is -3.60. The van der Waals surface area contributed by atoms with Crippen LogP contribution in [0.2, 0.25) is 0 Å². The zero-order chi connectivity index (χ0) is 21.0. The van der Waals surface area contributed by atoms with E-state index in [9.17, 15) is 13.2 Å². The number of anilines is 1. The van der Waals surface area contributed by atoms with Crippen LogP contribution in [-0.2, 0) is 26.0 Å². The van der Waals surface area contributed by atoms with E-state index in [0.29, 0.717) is 24.5 Å². The molecule has 0 aromatic heterocycles. The van der Waals surface area contributed by atoms with Crippen molar-refractivity contribution in [2.75, 3.05) is 25.5 Å². The highest BCUT2D eigenvalue weighted by Crippen LogP contribution is 2.22. The quantitative estimate of drug-likeness (QED) is 0.780. The molecule has 1 heterocycles. The van der Waals surface area contributed by atoms with Crippen LogP contribution in [0.5, 0.6) is 5.75 Å². The number of nitrogens with one attached hydrogen (secondary N) is 1. The largest absolute Gasteiger partial charge is 0.497 e. The van der Waals surface area contributed by atoms with E-state index in [1.807, 2.05) is 32.0 Å². The Morgan fingerprint density at radius 1 is 1.14 bits per heavy atom. The Kier molecular flexibility index (Phi) is 6.56. The van der Waals surface area contributed by atoms with E-state index in [-0.39, 0.29) is 29.4 Å². The number of methoxy groups -OCH3 is 1. The van der Waals surface area contributed by atoms with Crippen LogP contribution in [-0.4, -0.2) is 51.0 Å². The van der Waals surface area contributed by atoms with Gasteiger partial charge in [-0.05, 0) is 55.8 Å². The third-order valence-electron chi connectivity index (χ3n) is 4.66. The number of carbonyl (C=O) groups is 1. The minimum Gasteiger partial charge on any atom is -0.497 e. The second-order valence-electron chi connectivity index (χ2n) is 7.18. The summed E-state index contributed by atoms with van der Waals surface area (Å²) in [5.41, 5.74) is 1.37. The molecule has 2 aromatic rings. The van der Waals surface area contributed by atoms with Gasteiger partial charge in [0.15, 0.2) is 0 Å². The third kappa shape index (κ3) is 5.35. The van der Waals surface area contributed by atoms with Gasteiger partial charge in [0.1, 0.15) is 5.75 Å². The van der Waals surface area contributed by atoms with E-state index >= 15 is 0 Å². The molecule has 2 aromatic carbocycles. The van der Waals surface area contributed by atoms with Gasteiger partial charge in [0.2, 0.25) is 15.9 Å². The van der Waals surface area contributed by atoms with Gasteiger partial charge in [-0.25, -0.2) is 8.42 Å². The number of rotatable bonds is 6. The molecule has 2 atom stereocenters. The summed E-state index contributed by atoms with van der Waals surface area (Å²) < 4.78 is 38.0. The van der Waals surface area contributed by atoms with Crippen LogP contribution in [0.1, 0.15) is 19.4 Å². The molecule has 0 spiro atoms. The molecule has 1 fully saturated rings. The van der Waals surface area contributed by atoms with E-state index in [1.165, 1.54) is 16.4 Å². The highest BCUT2D eigenvalue weighted by Gasteiger charge is 2.32. The van der Waals surface area contributed by atoms with Crippen molar-refractivity contribution in [1.82, 2.24) is 4.31 Å². The second kappa shape index (κ2) is 8.94. The Morgan fingerprint density at radius 2 is 1.79 bits per heavy atom. The molecule has 1 aliphatic rings. The molecule has 0 radical (unpaired) electrons. The Balaban J connectivity index is 1.65. The lowest BCUT2D eigenvalue weighted by Gasteiger charge is -2.34. The summed E-state index contributed by atoms with van der Waals surface area (Å²) in [4.78, 5) is 12.5. The van der Waals surface area contributed by atoms with Gasteiger partial charge in [0.25, 0.3) is 0 Å². The number of hydrogen-bond donors (Lipinski definition) is 1. The van der Waals surface area contributed by atoms with Gasteiger partial charge in [-0.15, -0.1) is 0 Å². The average Bonchev–Trinajstić information content (AvgIpc) is 2.67. The third-order valence-corrected chi connectivity index (χ3v) is 6.51. The van der Waals surface area contributed by atoms with E-state index in [0.717, 1.165) is 5.56 Å². The molecule has 8 heteroatoms. The fraction of sp³-hybridized carbons (Fsp3) is 0.381. The van der Waals surface area contributed by atoms with Gasteiger partial charge in [-0.1, -0.05) is 12.1 Å². The van der Waals surface area contributed by atoms with Crippen molar-refractivity contribution < 1.29 is 22.7 Å². The van der Waals surface area contributed by atoms with Crippen molar-refractivity contribution in [2.24, 2.45) is 0 Å². The molecule has 1 N–H and O–H groups in total. The lowest BCUT2D eigenvalue weighted by atomic mass is 10.1. The molecular formula is C21H26N2O5S. The molecule has 1 amide bonds. The number of ether oxygens (including phenoxy) is 2. The molecular weight excluding hydrogens is 392 g/mol. The first kappa shape index (κ1) is 21.3. The van der Waals surface area contributed by atoms with E-state index in [1.54, 1.807) is 25.3 Å². The van der Waals surface area contributed by atoms with Crippen molar-refractivity contribution >= 4 is 21.6 Å². The van der Waals surface area contributed by atoms with Crippen molar-refractivity contribution in [3.8, 4) is 5.75 Å². The zero-order valence-electron chi connectivity index (χ0n) is 16.8. The summed E-state index contributed by atoms with van der Waals surface area (Å²) in [7, 11) is -2.03. The second-order valence-corrected chi connectivity index (χ2v) is 9.12. The topological polar surface area (TPSA) is 84.9 Å². The summed E-state index contributed by atoms with van der Waals surface area (Å²) in [6.45, 7) is 4.37. The standard InChI is InChI=1S/C21H26N2O5S/c1-15-13-23(14-16(2)28-15)29(25,26)20-9-7-18(8-10-20)22-21(24)12-17-5-4-6-19(11-17)27-3/h4-11,15-16H,12-14H2,1-3H3,(H,22,24). The Labute approximate surface area is 171 Å². The fourth-order valence-electron chi connectivity index (χ4n) is 3.36. The summed E-state index contributed by atoms with van der Waals surface area (Å²) in [6.07, 6.45) is -0.103. The van der Waals surface area contributed by atoms with Crippen molar-refractivity contribution in [3.63, 3.8) is 0 Å². The van der Waals surface area contributed by atoms with Gasteiger partial charge in [0.05, 0.1) is 30.6 Å². The van der Waals surface area contributed by atoms with Crippen LogP contribution < -0.4 is 10.1 Å². The smallest absolute Gasteiger partial charge is 0.243 e. The summed E-state index contributed by atoms with van der Waals surface area (Å²) in [5, 5.41) is 2.79. The van der Waals surface area contributed by atoms with Crippen molar-refractivity contribution in [3.05, 3.63) is 54.1 Å². The number of sulfonamides is 1. The monoisotopic (exact) mass is 418 g/mol. The molecule has 3 rings (SSSR count). The Bertz CT molecular complexity index is 949. The van der Waals surface area contributed by atoms with E-state index < -0.39 is 10.0 Å². The Morgan fingerprint density at radius 3 is 2.41 bits per heavy atom. The van der Waals surface area contributed by atoms with Crippen LogP contribution in [0.3, 0.4) is 0 Å². The van der Waals surface area contributed by atoms with Crippen LogP contribution in [0, 0.1) is 0 Å². The van der Waals surface area contributed by atoms with Crippen LogP contribution in [0.25, 0.3) is 0 Å². The average molecular weight is 419 g/mol. The summed E-state index contributed by atoms with van der Waals surface area (Å²) >= 11 is 0. The van der Waals surface area contributed by atoms with Crippen LogP contribution >= 0.6 is 0 Å². The molecule has 1 aliphatic heterocycles. The summed E-state index contributed by atoms with van der Waals surface area (Å²) in [6, 6.07) is 13.5. The molecule has 2 unspecified atom stereocenters. The van der Waals surface area contributed by atoms with Crippen molar-refractivity contribution in [1.29, 1.82) is 0 Å². The maximum absolute atomic E-state index is 12.9. The first-order chi connectivity index (χ1) is 13.8. The highest BCUT2D eigenvalue weighted by atomic mass is 32.2. The van der Waals surface area contributed by atoms with Gasteiger partial charge in [-0.2, -0.15) is 4.31 Å². The number of nitrogens with zero attached hydrogens (tertiary/aromatic N) is 1. The predicted octanol–water partition coefficient (Wildman–Crippen LogP) is 2.67. The van der Waals surface area contributed by atoms with Gasteiger partial charge >= 0.3 is 0 Å². The first-order valence-electron chi connectivity index (χ1n) is 9.46. The number of morpholine rings is 1. The lowest BCUT2D eigenvalue weighted by molar-refractivity contribution is -0.115. The number of hydrogen-bond acceptors (Lipinski definition) is 5. The molecule has 1 saturated heterocycles. The molecule has 0 bridgehead atoms. The van der Waals surface area contributed by atoms with Gasteiger partial charge in [0, 0.05) is 18.8 Å². The van der Waals surface area contributed by atoms with Crippen LogP contribution in [0.4, 0.5) is 5.69 Å². The predicted molar refractivity (Wildman–Crippen MR) is 111 cm³/mol. The van der Waals surface area contributed by atoms with E-state index in [2.05, 4.69) is 5.32 Å². The maximum atomic E-state index is 12.9. The number of amides is 1. The highest BCUT2D eigenvalue weighted by molar-refractivity contribution is 7.89.